The molecule has 2 heterocycles. The fourth-order valence-corrected chi connectivity index (χ4v) is 3.37. The lowest BCUT2D eigenvalue weighted by Gasteiger charge is -2.12. The lowest BCUT2D eigenvalue weighted by Crippen LogP contribution is -2.23. The highest BCUT2D eigenvalue weighted by molar-refractivity contribution is 6.03. The Morgan fingerprint density at radius 1 is 1.10 bits per heavy atom. The van der Waals surface area contributed by atoms with Crippen LogP contribution in [0.5, 0.6) is 0 Å². The average molecular weight is 402 g/mol. The molecule has 5 nitrogen and oxygen atoms in total. The number of hydrogen-bond acceptors (Lipinski definition) is 3. The fourth-order valence-electron chi connectivity index (χ4n) is 3.37. The first-order chi connectivity index (χ1) is 15.1. The van der Waals surface area contributed by atoms with E-state index in [4.69, 9.17) is 4.11 Å². The molecule has 0 spiro atoms. The largest absolute Gasteiger partial charge is 0.307 e. The highest BCUT2D eigenvalue weighted by atomic mass is 19.1. The molecule has 4 aromatic rings. The van der Waals surface area contributed by atoms with Gasteiger partial charge in [0, 0.05) is 41.9 Å². The molecule has 0 aliphatic heterocycles. The normalized spacial score (nSPS) is 13.4. The van der Waals surface area contributed by atoms with Crippen LogP contribution in [0.3, 0.4) is 0 Å². The Morgan fingerprint density at radius 3 is 2.62 bits per heavy atom. The number of pyridine rings is 1. The third kappa shape index (κ3) is 3.41. The molecule has 0 amide bonds. The van der Waals surface area contributed by atoms with Crippen LogP contribution in [0.4, 0.5) is 13.2 Å². The predicted octanol–water partition coefficient (Wildman–Crippen LogP) is 3.51. The van der Waals surface area contributed by atoms with Gasteiger partial charge in [0.25, 0.3) is 5.56 Å². The van der Waals surface area contributed by atoms with Crippen LogP contribution < -0.4 is 5.56 Å². The maximum absolute atomic E-state index is 14.0. The number of carbonyl (C=O) groups excluding carboxylic acids is 1. The molecular weight excluding hydrogens is 383 g/mol. The number of halogens is 3. The van der Waals surface area contributed by atoms with E-state index in [9.17, 15) is 22.8 Å². The topological polar surface area (TPSA) is 56.9 Å². The molecule has 0 saturated heterocycles. The van der Waals surface area contributed by atoms with Gasteiger partial charge in [-0.3, -0.25) is 14.3 Å². The van der Waals surface area contributed by atoms with Gasteiger partial charge in [-0.05, 0) is 29.8 Å². The zero-order valence-electron chi connectivity index (χ0n) is 18.0. The first kappa shape index (κ1) is 15.5. The summed E-state index contributed by atoms with van der Waals surface area (Å²) in [6.45, 7) is -2.80. The Balaban J connectivity index is 1.74. The summed E-state index contributed by atoms with van der Waals surface area (Å²) < 4.78 is 65.7. The summed E-state index contributed by atoms with van der Waals surface area (Å²) in [5, 5.41) is 4.11. The minimum Gasteiger partial charge on any atom is -0.307 e. The Bertz CT molecular complexity index is 1430. The van der Waals surface area contributed by atoms with Gasteiger partial charge in [-0.15, -0.1) is 0 Å². The molecule has 0 fully saturated rings. The molecular formula is C21H16F3N3O2. The van der Waals surface area contributed by atoms with E-state index in [1.54, 1.807) is 0 Å². The van der Waals surface area contributed by atoms with Crippen molar-refractivity contribution in [1.82, 2.24) is 14.3 Å². The maximum atomic E-state index is 14.0. The Kier molecular flexibility index (Phi) is 3.85. The van der Waals surface area contributed by atoms with E-state index in [-0.39, 0.29) is 46.8 Å². The molecule has 2 aromatic heterocycles. The van der Waals surface area contributed by atoms with Crippen LogP contribution >= 0.6 is 0 Å². The van der Waals surface area contributed by atoms with E-state index < -0.39 is 35.8 Å². The predicted molar refractivity (Wildman–Crippen MR) is 102 cm³/mol. The van der Waals surface area contributed by atoms with E-state index >= 15 is 0 Å². The second kappa shape index (κ2) is 7.20. The lowest BCUT2D eigenvalue weighted by molar-refractivity contribution is -0.118. The second-order valence-electron chi connectivity index (χ2n) is 6.64. The summed E-state index contributed by atoms with van der Waals surface area (Å²) in [6, 6.07) is 6.47. The molecule has 0 bridgehead atoms. The van der Waals surface area contributed by atoms with Crippen LogP contribution in [0.25, 0.3) is 21.8 Å². The van der Waals surface area contributed by atoms with Crippen molar-refractivity contribution in [3.8, 4) is 0 Å². The number of ketones is 1. The van der Waals surface area contributed by atoms with E-state index in [2.05, 4.69) is 5.10 Å². The molecule has 0 atom stereocenters. The lowest BCUT2D eigenvalue weighted by atomic mass is 10.1. The van der Waals surface area contributed by atoms with Crippen molar-refractivity contribution in [3.63, 3.8) is 0 Å². The molecule has 0 aliphatic carbocycles. The standard InChI is InChI=1S/C21H16F3N3O2/c1-26-20-16-5-4-14(23)10-19(16)27(21(29)17(20)11-25-26)7-6-15(28)8-12-2-3-13(22)9-18(12)24/h2-5,9-11H,6-8H2,1H3/i1D3. The Hall–Kier alpha value is -3.42. The SMILES string of the molecule is [2H]C([2H])([2H])n1ncc2c(=O)n(CCC(=O)Cc3ccc(F)cc3F)c3cc(F)ccc3c21. The Morgan fingerprint density at radius 2 is 1.86 bits per heavy atom. The number of fused-ring (bicyclic) bond motifs is 3. The van der Waals surface area contributed by atoms with Crippen molar-refractivity contribution in [2.75, 3.05) is 0 Å². The van der Waals surface area contributed by atoms with Crippen LogP contribution in [-0.4, -0.2) is 20.1 Å². The summed E-state index contributed by atoms with van der Waals surface area (Å²) in [6.07, 6.45) is 0.646. The van der Waals surface area contributed by atoms with Gasteiger partial charge in [-0.1, -0.05) is 6.07 Å². The minimum atomic E-state index is -2.66. The fraction of sp³-hybridized carbons (Fsp3) is 0.190. The third-order valence-corrected chi connectivity index (χ3v) is 4.77. The van der Waals surface area contributed by atoms with Crippen molar-refractivity contribution in [2.24, 2.45) is 6.98 Å². The van der Waals surface area contributed by atoms with Crippen molar-refractivity contribution < 1.29 is 22.1 Å². The summed E-state index contributed by atoms with van der Waals surface area (Å²) >= 11 is 0. The van der Waals surface area contributed by atoms with E-state index in [1.807, 2.05) is 0 Å². The maximum Gasteiger partial charge on any atom is 0.262 e. The van der Waals surface area contributed by atoms with Crippen molar-refractivity contribution >= 4 is 27.6 Å². The molecule has 0 N–H and O–H groups in total. The number of benzene rings is 2. The zero-order valence-corrected chi connectivity index (χ0v) is 15.0. The van der Waals surface area contributed by atoms with Crippen LogP contribution in [0.15, 0.2) is 47.4 Å². The number of aryl methyl sites for hydroxylation is 2. The van der Waals surface area contributed by atoms with E-state index in [0.717, 1.165) is 29.1 Å². The molecule has 29 heavy (non-hydrogen) atoms. The number of carbonyl (C=O) groups is 1. The summed E-state index contributed by atoms with van der Waals surface area (Å²) in [7, 11) is 0. The van der Waals surface area contributed by atoms with Gasteiger partial charge in [0.15, 0.2) is 0 Å². The van der Waals surface area contributed by atoms with Gasteiger partial charge in [0.1, 0.15) is 23.2 Å². The summed E-state index contributed by atoms with van der Waals surface area (Å²) in [5.41, 5.74) is -0.460. The monoisotopic (exact) mass is 402 g/mol. The molecule has 8 heteroatoms. The van der Waals surface area contributed by atoms with Crippen molar-refractivity contribution in [3.05, 3.63) is 76.0 Å². The molecule has 2 aromatic carbocycles. The van der Waals surface area contributed by atoms with Gasteiger partial charge >= 0.3 is 0 Å². The highest BCUT2D eigenvalue weighted by Gasteiger charge is 2.16. The minimum absolute atomic E-state index is 0.0114. The van der Waals surface area contributed by atoms with Crippen LogP contribution in [-0.2, 0) is 24.7 Å². The number of aromatic nitrogens is 3. The number of hydrogen-bond donors (Lipinski definition) is 0. The molecule has 0 aliphatic rings. The third-order valence-electron chi connectivity index (χ3n) is 4.77. The number of rotatable bonds is 5. The summed E-state index contributed by atoms with van der Waals surface area (Å²) in [5.74, 6) is -2.67. The van der Waals surface area contributed by atoms with Gasteiger partial charge in [0.2, 0.25) is 0 Å². The molecule has 0 radical (unpaired) electrons. The van der Waals surface area contributed by atoms with Gasteiger partial charge < -0.3 is 4.57 Å². The molecule has 4 rings (SSSR count). The number of nitrogens with zero attached hydrogens (tertiary/aromatic N) is 3. The quantitative estimate of drug-likeness (QED) is 0.513. The van der Waals surface area contributed by atoms with E-state index in [1.165, 1.54) is 16.7 Å². The Labute approximate surface area is 167 Å². The van der Waals surface area contributed by atoms with Gasteiger partial charge in [-0.25, -0.2) is 13.2 Å². The molecule has 148 valence electrons. The van der Waals surface area contributed by atoms with Crippen LogP contribution in [0.1, 0.15) is 16.1 Å². The first-order valence-electron chi connectivity index (χ1n) is 10.2. The molecule has 0 saturated carbocycles. The highest BCUT2D eigenvalue weighted by Crippen LogP contribution is 2.23. The average Bonchev–Trinajstić information content (AvgIpc) is 3.16. The second-order valence-corrected chi connectivity index (χ2v) is 6.64. The van der Waals surface area contributed by atoms with E-state index in [0.29, 0.717) is 6.07 Å². The van der Waals surface area contributed by atoms with Gasteiger partial charge in [0.05, 0.1) is 22.6 Å². The van der Waals surface area contributed by atoms with Crippen LogP contribution in [0.2, 0.25) is 0 Å². The van der Waals surface area contributed by atoms with Crippen molar-refractivity contribution in [2.45, 2.75) is 19.4 Å². The zero-order chi connectivity index (χ0) is 23.2. The smallest absolute Gasteiger partial charge is 0.262 e. The molecule has 0 unspecified atom stereocenters. The van der Waals surface area contributed by atoms with Crippen LogP contribution in [0, 0.1) is 17.5 Å². The summed E-state index contributed by atoms with van der Waals surface area (Å²) in [4.78, 5) is 25.4. The van der Waals surface area contributed by atoms with Gasteiger partial charge in [-0.2, -0.15) is 5.10 Å². The van der Waals surface area contributed by atoms with Crippen molar-refractivity contribution in [1.29, 1.82) is 0 Å². The number of Topliss-reactive ketones (excluding diaryl/α,β-unsaturated/α-hetero) is 1. The first-order valence-corrected chi connectivity index (χ1v) is 8.72.